The quantitative estimate of drug-likeness (QED) is 0.227. The molecule has 4 aromatic rings. The van der Waals surface area contributed by atoms with E-state index in [1.165, 1.54) is 4.90 Å². The van der Waals surface area contributed by atoms with E-state index in [0.717, 1.165) is 81.3 Å². The summed E-state index contributed by atoms with van der Waals surface area (Å²) in [6.45, 7) is 14.9. The average Bonchev–Trinajstić information content (AvgIpc) is 3.70. The third-order valence-corrected chi connectivity index (χ3v) is 14.5. The van der Waals surface area contributed by atoms with Crippen LogP contribution in [0.15, 0.2) is 59.5 Å². The van der Waals surface area contributed by atoms with Gasteiger partial charge in [0.05, 0.1) is 27.6 Å². The number of ether oxygens (including phenoxy) is 1. The number of pyridine rings is 1. The summed E-state index contributed by atoms with van der Waals surface area (Å²) in [5.74, 6) is 0.737. The molecule has 1 spiro atoms. The molecule has 2 N–H and O–H groups in total. The number of benzene rings is 2. The SMILES string of the molecule is CC1(C)C(Oc2ccc(C#N)c(Cl)c2)C(C)(C)C1N1C(=O)CC[C@H](n2nnc3cc(N4CCC5(CC4)CN(C[C@@H]4CCN(c6ccc(C(N)=O)cn6)C4)C5)ccc3c2=O)C1=O. The maximum atomic E-state index is 14.3. The van der Waals surface area contributed by atoms with Crippen molar-refractivity contribution in [2.75, 3.05) is 55.6 Å². The van der Waals surface area contributed by atoms with Crippen LogP contribution in [-0.4, -0.2) is 105 Å². The summed E-state index contributed by atoms with van der Waals surface area (Å²) in [7, 11) is 0. The molecule has 5 fully saturated rings. The summed E-state index contributed by atoms with van der Waals surface area (Å²) >= 11 is 6.28. The number of hydrogen-bond acceptors (Lipinski definition) is 12. The fourth-order valence-electron chi connectivity index (χ4n) is 11.5. The number of carbonyl (C=O) groups is 3. The first-order chi connectivity index (χ1) is 29.1. The highest BCUT2D eigenvalue weighted by Crippen LogP contribution is 2.59. The second-order valence-electron chi connectivity index (χ2n) is 19.0. The van der Waals surface area contributed by atoms with Crippen LogP contribution < -0.4 is 25.8 Å². The molecule has 61 heavy (non-hydrogen) atoms. The lowest BCUT2D eigenvalue weighted by atomic mass is 9.48. The fourth-order valence-corrected chi connectivity index (χ4v) is 11.7. The Balaban J connectivity index is 0.817. The molecule has 16 heteroatoms. The number of nitriles is 1. The zero-order valence-electron chi connectivity index (χ0n) is 35.0. The van der Waals surface area contributed by atoms with Crippen LogP contribution in [0.1, 0.15) is 81.8 Å². The summed E-state index contributed by atoms with van der Waals surface area (Å²) in [4.78, 5) is 66.3. The number of primary amides is 1. The molecule has 318 valence electrons. The van der Waals surface area contributed by atoms with E-state index in [1.807, 2.05) is 52.0 Å². The number of likely N-dealkylation sites (tertiary alicyclic amines) is 2. The van der Waals surface area contributed by atoms with Crippen molar-refractivity contribution in [1.82, 2.24) is 29.8 Å². The van der Waals surface area contributed by atoms with Crippen LogP contribution in [0.3, 0.4) is 0 Å². The van der Waals surface area contributed by atoms with Gasteiger partial charge in [-0.1, -0.05) is 44.5 Å². The maximum absolute atomic E-state index is 14.3. The number of rotatable bonds is 9. The smallest absolute Gasteiger partial charge is 0.278 e. The van der Waals surface area contributed by atoms with E-state index in [9.17, 15) is 24.4 Å². The largest absolute Gasteiger partial charge is 0.489 e. The first-order valence-electron chi connectivity index (χ1n) is 21.2. The first-order valence-corrected chi connectivity index (χ1v) is 21.6. The minimum atomic E-state index is -0.975. The normalized spacial score (nSPS) is 25.6. The standard InChI is InChI=1S/C45H51ClN10O5/c1-43(2)41(44(3,4)42(43)61-31-8-5-28(21-47)33(46)20-31)55-37(57)12-10-35(40(55)60)56-39(59)32-9-7-30(19-34(32)50-51-56)53-17-14-45(15-18-53)25-52(26-45)23-27-13-16-54(24-27)36-11-6-29(22-49-36)38(48)58/h5-9,11,19-20,22,27,35,41-42H,10,12-18,23-26H2,1-4H3,(H2,48,58)/t27-,35-,41?,42?/m0/s1. The molecule has 2 atom stereocenters. The van der Waals surface area contributed by atoms with Crippen molar-refractivity contribution in [3.8, 4) is 11.8 Å². The van der Waals surface area contributed by atoms with Crippen LogP contribution in [0, 0.1) is 33.5 Å². The lowest BCUT2D eigenvalue weighted by Crippen LogP contribution is -2.77. The Labute approximate surface area is 359 Å². The number of anilines is 2. The zero-order chi connectivity index (χ0) is 43.0. The monoisotopic (exact) mass is 846 g/mol. The highest BCUT2D eigenvalue weighted by atomic mass is 35.5. The minimum Gasteiger partial charge on any atom is -0.489 e. The number of imide groups is 1. The van der Waals surface area contributed by atoms with Gasteiger partial charge in [0.25, 0.3) is 11.5 Å². The molecule has 1 saturated carbocycles. The topological polar surface area (TPSA) is 184 Å². The number of piperidine rings is 2. The van der Waals surface area contributed by atoms with E-state index < -0.39 is 46.4 Å². The molecule has 0 radical (unpaired) electrons. The van der Waals surface area contributed by atoms with Gasteiger partial charge in [0.1, 0.15) is 35.3 Å². The lowest BCUT2D eigenvalue weighted by Gasteiger charge is -2.65. The highest BCUT2D eigenvalue weighted by Gasteiger charge is 2.68. The summed E-state index contributed by atoms with van der Waals surface area (Å²) in [6.07, 6.45) is 4.70. The molecular weight excluding hydrogens is 796 g/mol. The lowest BCUT2D eigenvalue weighted by molar-refractivity contribution is -0.216. The summed E-state index contributed by atoms with van der Waals surface area (Å²) in [5.41, 5.74) is 6.21. The van der Waals surface area contributed by atoms with Gasteiger partial charge in [-0.25, -0.2) is 4.98 Å². The highest BCUT2D eigenvalue weighted by molar-refractivity contribution is 6.31. The Morgan fingerprint density at radius 1 is 0.967 bits per heavy atom. The van der Waals surface area contributed by atoms with Crippen LogP contribution in [-0.2, 0) is 9.59 Å². The molecule has 4 saturated heterocycles. The zero-order valence-corrected chi connectivity index (χ0v) is 35.8. The van der Waals surface area contributed by atoms with Crippen molar-refractivity contribution in [1.29, 1.82) is 5.26 Å². The summed E-state index contributed by atoms with van der Waals surface area (Å²) < 4.78 is 7.57. The summed E-state index contributed by atoms with van der Waals surface area (Å²) in [6, 6.07) is 14.7. The van der Waals surface area contributed by atoms with Crippen LogP contribution >= 0.6 is 11.6 Å². The van der Waals surface area contributed by atoms with Crippen molar-refractivity contribution in [3.05, 3.63) is 81.2 Å². The van der Waals surface area contributed by atoms with Gasteiger partial charge in [0, 0.05) is 81.0 Å². The van der Waals surface area contributed by atoms with Gasteiger partial charge >= 0.3 is 0 Å². The molecule has 4 aliphatic heterocycles. The number of nitrogens with zero attached hydrogens (tertiary/aromatic N) is 9. The van der Waals surface area contributed by atoms with Crippen LogP contribution in [0.5, 0.6) is 5.75 Å². The van der Waals surface area contributed by atoms with E-state index in [2.05, 4.69) is 30.0 Å². The molecule has 2 aromatic heterocycles. The number of amides is 3. The van der Waals surface area contributed by atoms with Crippen molar-refractivity contribution in [3.63, 3.8) is 0 Å². The molecule has 9 rings (SSSR count). The van der Waals surface area contributed by atoms with E-state index in [4.69, 9.17) is 22.1 Å². The van der Waals surface area contributed by atoms with Gasteiger partial charge in [0.15, 0.2) is 0 Å². The molecule has 1 aliphatic carbocycles. The van der Waals surface area contributed by atoms with Gasteiger partial charge in [0.2, 0.25) is 11.8 Å². The Bertz CT molecular complexity index is 2500. The number of hydrogen-bond donors (Lipinski definition) is 1. The molecule has 3 amide bonds. The summed E-state index contributed by atoms with van der Waals surface area (Å²) in [5, 5.41) is 18.7. The van der Waals surface area contributed by atoms with Gasteiger partial charge in [-0.05, 0) is 79.5 Å². The number of fused-ring (bicyclic) bond motifs is 1. The number of halogens is 1. The minimum absolute atomic E-state index is 0.0850. The van der Waals surface area contributed by atoms with Crippen molar-refractivity contribution in [2.45, 2.75) is 78.0 Å². The molecule has 5 aliphatic rings. The van der Waals surface area contributed by atoms with Crippen LogP contribution in [0.25, 0.3) is 10.9 Å². The van der Waals surface area contributed by atoms with Gasteiger partial charge in [-0.3, -0.25) is 24.1 Å². The van der Waals surface area contributed by atoms with E-state index in [0.29, 0.717) is 39.1 Å². The Morgan fingerprint density at radius 3 is 2.39 bits per heavy atom. The van der Waals surface area contributed by atoms with Crippen molar-refractivity contribution in [2.24, 2.45) is 27.9 Å². The predicted octanol–water partition coefficient (Wildman–Crippen LogP) is 4.81. The van der Waals surface area contributed by atoms with Gasteiger partial charge < -0.3 is 25.2 Å². The Hall–Kier alpha value is -5.59. The van der Waals surface area contributed by atoms with Crippen molar-refractivity contribution >= 4 is 51.7 Å². The predicted molar refractivity (Wildman–Crippen MR) is 229 cm³/mol. The molecular formula is C45H51ClN10O5. The Morgan fingerprint density at radius 2 is 1.72 bits per heavy atom. The van der Waals surface area contributed by atoms with E-state index in [-0.39, 0.29) is 23.8 Å². The third kappa shape index (κ3) is 7.07. The van der Waals surface area contributed by atoms with Gasteiger partial charge in [-0.2, -0.15) is 9.94 Å². The third-order valence-electron chi connectivity index (χ3n) is 14.2. The van der Waals surface area contributed by atoms with Crippen LogP contribution in [0.4, 0.5) is 11.5 Å². The maximum Gasteiger partial charge on any atom is 0.278 e. The molecule has 2 aromatic carbocycles. The van der Waals surface area contributed by atoms with Crippen LogP contribution in [0.2, 0.25) is 5.02 Å². The molecule has 6 heterocycles. The molecule has 0 bridgehead atoms. The first kappa shape index (κ1) is 40.8. The van der Waals surface area contributed by atoms with E-state index >= 15 is 0 Å². The Kier molecular flexibility index (Phi) is 10.1. The number of carbonyl (C=O) groups excluding carboxylic acids is 3. The molecule has 15 nitrogen and oxygen atoms in total. The molecule has 0 unspecified atom stereocenters. The van der Waals surface area contributed by atoms with Gasteiger partial charge in [-0.15, -0.1) is 5.10 Å². The number of nitrogens with two attached hydrogens (primary N) is 1. The van der Waals surface area contributed by atoms with Crippen molar-refractivity contribution < 1.29 is 19.1 Å². The average molecular weight is 847 g/mol. The number of aromatic nitrogens is 4. The second kappa shape index (κ2) is 15.1. The van der Waals surface area contributed by atoms with E-state index in [1.54, 1.807) is 36.5 Å². The second-order valence-corrected chi connectivity index (χ2v) is 19.4. The fraction of sp³-hybridized carbons (Fsp3) is 0.511.